The Labute approximate surface area is 191 Å². The number of piperidine rings is 2. The Morgan fingerprint density at radius 3 is 2.38 bits per heavy atom. The normalized spacial score (nSPS) is 23.6. The van der Waals surface area contributed by atoms with Gasteiger partial charge in [-0.3, -0.25) is 4.90 Å². The molecule has 1 unspecified atom stereocenters. The average molecular weight is 441 g/mol. The molecule has 7 heteroatoms. The first-order valence-corrected chi connectivity index (χ1v) is 12.0. The molecular formula is C25H36N4O3. The number of esters is 1. The van der Waals surface area contributed by atoms with Crippen molar-refractivity contribution < 1.29 is 14.3 Å². The molecule has 0 radical (unpaired) electrons. The number of likely N-dealkylation sites (tertiary alicyclic amines) is 2. The van der Waals surface area contributed by atoms with Crippen molar-refractivity contribution in [2.75, 3.05) is 39.8 Å². The van der Waals surface area contributed by atoms with E-state index in [2.05, 4.69) is 27.4 Å². The van der Waals surface area contributed by atoms with E-state index in [1.807, 2.05) is 24.3 Å². The molecule has 174 valence electrons. The summed E-state index contributed by atoms with van der Waals surface area (Å²) < 4.78 is 5.12. The van der Waals surface area contributed by atoms with Gasteiger partial charge < -0.3 is 20.3 Å². The standard InChI is InChI=1S/C25H36N4O3/c1-3-18-7-9-19(10-8-18)23-22(24(30)32-2)21(26-25(31)27-23)17-28-15-11-20(12-16-28)29-13-5-4-6-14-29/h7-10,20,23H,3-6,11-17H2,1-2H3,(H2,26,27,31). The van der Waals surface area contributed by atoms with Crippen LogP contribution in [-0.2, 0) is 16.0 Å². The van der Waals surface area contributed by atoms with Crippen LogP contribution in [0.5, 0.6) is 0 Å². The second kappa shape index (κ2) is 10.5. The molecule has 0 aromatic heterocycles. The van der Waals surface area contributed by atoms with Crippen LogP contribution in [0, 0.1) is 0 Å². The molecular weight excluding hydrogens is 404 g/mol. The highest BCUT2D eigenvalue weighted by Crippen LogP contribution is 2.29. The Morgan fingerprint density at radius 1 is 1.06 bits per heavy atom. The first-order valence-electron chi connectivity index (χ1n) is 12.0. The number of aryl methyl sites for hydroxylation is 1. The minimum absolute atomic E-state index is 0.277. The van der Waals surface area contributed by atoms with Crippen molar-refractivity contribution in [2.45, 2.75) is 57.5 Å². The van der Waals surface area contributed by atoms with Gasteiger partial charge in [-0.1, -0.05) is 37.6 Å². The number of nitrogens with zero attached hydrogens (tertiary/aromatic N) is 2. The van der Waals surface area contributed by atoms with Crippen molar-refractivity contribution in [3.8, 4) is 0 Å². The molecule has 3 heterocycles. The van der Waals surface area contributed by atoms with Gasteiger partial charge in [0.05, 0.1) is 18.7 Å². The minimum Gasteiger partial charge on any atom is -0.466 e. The Balaban J connectivity index is 1.50. The van der Waals surface area contributed by atoms with E-state index in [4.69, 9.17) is 4.74 Å². The van der Waals surface area contributed by atoms with E-state index in [0.717, 1.165) is 37.9 Å². The number of urea groups is 1. The monoisotopic (exact) mass is 440 g/mol. The van der Waals surface area contributed by atoms with Crippen LogP contribution in [-0.4, -0.2) is 67.7 Å². The zero-order chi connectivity index (χ0) is 22.5. The maximum absolute atomic E-state index is 12.8. The lowest BCUT2D eigenvalue weighted by molar-refractivity contribution is -0.136. The second-order valence-electron chi connectivity index (χ2n) is 9.11. The third-order valence-corrected chi connectivity index (χ3v) is 7.13. The van der Waals surface area contributed by atoms with Crippen molar-refractivity contribution in [1.29, 1.82) is 0 Å². The number of methoxy groups -OCH3 is 1. The summed E-state index contributed by atoms with van der Waals surface area (Å²) in [5, 5.41) is 5.82. The number of carbonyl (C=O) groups is 2. The summed E-state index contributed by atoms with van der Waals surface area (Å²) >= 11 is 0. The van der Waals surface area contributed by atoms with Crippen LogP contribution in [0.1, 0.15) is 56.2 Å². The molecule has 2 amide bonds. The highest BCUT2D eigenvalue weighted by atomic mass is 16.5. The minimum atomic E-state index is -0.511. The summed E-state index contributed by atoms with van der Waals surface area (Å²) in [5.74, 6) is -0.403. The molecule has 2 fully saturated rings. The molecule has 1 atom stereocenters. The lowest BCUT2D eigenvalue weighted by atomic mass is 9.93. The van der Waals surface area contributed by atoms with Gasteiger partial charge in [-0.2, -0.15) is 0 Å². The maximum atomic E-state index is 12.8. The summed E-state index contributed by atoms with van der Waals surface area (Å²) in [6.07, 6.45) is 7.20. The van der Waals surface area contributed by atoms with E-state index in [1.54, 1.807) is 0 Å². The SMILES string of the molecule is CCc1ccc(C2NC(=O)NC(CN3CCC(N4CCCCC4)CC3)=C2C(=O)OC)cc1. The van der Waals surface area contributed by atoms with E-state index in [1.165, 1.54) is 45.0 Å². The van der Waals surface area contributed by atoms with Gasteiger partial charge in [-0.05, 0) is 56.3 Å². The quantitative estimate of drug-likeness (QED) is 0.666. The van der Waals surface area contributed by atoms with Crippen LogP contribution >= 0.6 is 0 Å². The van der Waals surface area contributed by atoms with E-state index in [-0.39, 0.29) is 6.03 Å². The Morgan fingerprint density at radius 2 is 1.75 bits per heavy atom. The van der Waals surface area contributed by atoms with Gasteiger partial charge >= 0.3 is 12.0 Å². The topological polar surface area (TPSA) is 73.9 Å². The molecule has 3 aliphatic heterocycles. The summed E-state index contributed by atoms with van der Waals surface area (Å²) in [6, 6.07) is 7.93. The summed E-state index contributed by atoms with van der Waals surface area (Å²) in [6.45, 7) is 7.05. The van der Waals surface area contributed by atoms with Crippen LogP contribution in [0.25, 0.3) is 0 Å². The van der Waals surface area contributed by atoms with Crippen molar-refractivity contribution in [3.05, 3.63) is 46.7 Å². The Kier molecular flexibility index (Phi) is 7.48. The van der Waals surface area contributed by atoms with Gasteiger partial charge in [0.25, 0.3) is 0 Å². The lowest BCUT2D eigenvalue weighted by Crippen LogP contribution is -2.51. The van der Waals surface area contributed by atoms with Gasteiger partial charge in [0, 0.05) is 31.4 Å². The van der Waals surface area contributed by atoms with E-state index in [9.17, 15) is 9.59 Å². The van der Waals surface area contributed by atoms with Gasteiger partial charge in [0.15, 0.2) is 0 Å². The van der Waals surface area contributed by atoms with Gasteiger partial charge in [-0.15, -0.1) is 0 Å². The molecule has 32 heavy (non-hydrogen) atoms. The zero-order valence-electron chi connectivity index (χ0n) is 19.4. The van der Waals surface area contributed by atoms with Crippen LogP contribution in [0.4, 0.5) is 4.79 Å². The molecule has 1 aromatic carbocycles. The first kappa shape index (κ1) is 22.8. The number of hydrogen-bond donors (Lipinski definition) is 2. The van der Waals surface area contributed by atoms with E-state index < -0.39 is 12.0 Å². The highest BCUT2D eigenvalue weighted by molar-refractivity contribution is 5.95. The molecule has 4 rings (SSSR count). The highest BCUT2D eigenvalue weighted by Gasteiger charge is 2.35. The second-order valence-corrected chi connectivity index (χ2v) is 9.11. The molecule has 2 N–H and O–H groups in total. The molecule has 1 aromatic rings. The van der Waals surface area contributed by atoms with Crippen molar-refractivity contribution in [1.82, 2.24) is 20.4 Å². The molecule has 0 aliphatic carbocycles. The van der Waals surface area contributed by atoms with Gasteiger partial charge in [0.1, 0.15) is 0 Å². The van der Waals surface area contributed by atoms with Crippen molar-refractivity contribution in [3.63, 3.8) is 0 Å². The zero-order valence-corrected chi connectivity index (χ0v) is 19.4. The molecule has 2 saturated heterocycles. The fraction of sp³-hybridized carbons (Fsp3) is 0.600. The lowest BCUT2D eigenvalue weighted by Gasteiger charge is -2.41. The molecule has 7 nitrogen and oxygen atoms in total. The largest absolute Gasteiger partial charge is 0.466 e. The average Bonchev–Trinajstić information content (AvgIpc) is 2.84. The van der Waals surface area contributed by atoms with Crippen LogP contribution in [0.2, 0.25) is 0 Å². The van der Waals surface area contributed by atoms with E-state index in [0.29, 0.717) is 23.9 Å². The van der Waals surface area contributed by atoms with E-state index >= 15 is 0 Å². The fourth-order valence-corrected chi connectivity index (χ4v) is 5.24. The number of rotatable bonds is 6. The van der Waals surface area contributed by atoms with Crippen molar-refractivity contribution >= 4 is 12.0 Å². The number of carbonyl (C=O) groups excluding carboxylic acids is 2. The summed E-state index contributed by atoms with van der Waals surface area (Å²) in [5.41, 5.74) is 3.25. The number of hydrogen-bond acceptors (Lipinski definition) is 5. The van der Waals surface area contributed by atoms with Crippen LogP contribution in [0.3, 0.4) is 0 Å². The third-order valence-electron chi connectivity index (χ3n) is 7.13. The van der Waals surface area contributed by atoms with Gasteiger partial charge in [-0.25, -0.2) is 9.59 Å². The van der Waals surface area contributed by atoms with Gasteiger partial charge in [0.2, 0.25) is 0 Å². The van der Waals surface area contributed by atoms with Crippen LogP contribution in [0.15, 0.2) is 35.5 Å². The van der Waals surface area contributed by atoms with Crippen LogP contribution < -0.4 is 10.6 Å². The molecule has 0 saturated carbocycles. The Bertz CT molecular complexity index is 837. The number of nitrogens with one attached hydrogen (secondary N) is 2. The Hall–Kier alpha value is -2.38. The summed E-state index contributed by atoms with van der Waals surface area (Å²) in [7, 11) is 1.39. The first-order chi connectivity index (χ1) is 15.6. The molecule has 0 bridgehead atoms. The number of benzene rings is 1. The third kappa shape index (κ3) is 5.15. The maximum Gasteiger partial charge on any atom is 0.338 e. The predicted octanol–water partition coefficient (Wildman–Crippen LogP) is 2.98. The smallest absolute Gasteiger partial charge is 0.338 e. The van der Waals surface area contributed by atoms with Crippen molar-refractivity contribution in [2.24, 2.45) is 0 Å². The fourth-order valence-electron chi connectivity index (χ4n) is 5.24. The number of ether oxygens (including phenoxy) is 1. The summed E-state index contributed by atoms with van der Waals surface area (Å²) in [4.78, 5) is 30.3. The molecule has 0 spiro atoms. The number of amides is 2. The predicted molar refractivity (Wildman–Crippen MR) is 124 cm³/mol. The molecule has 3 aliphatic rings.